The van der Waals surface area contributed by atoms with Crippen molar-refractivity contribution >= 4 is 11.8 Å². The number of piperidine rings is 1. The van der Waals surface area contributed by atoms with E-state index in [1.165, 1.54) is 0 Å². The third kappa shape index (κ3) is 2.99. The molecule has 0 aromatic rings. The van der Waals surface area contributed by atoms with E-state index in [0.717, 1.165) is 17.7 Å². The van der Waals surface area contributed by atoms with Crippen molar-refractivity contribution in [1.29, 1.82) is 10.5 Å². The first-order valence-corrected chi connectivity index (χ1v) is 8.04. The van der Waals surface area contributed by atoms with Crippen LogP contribution in [0.1, 0.15) is 53.4 Å². The summed E-state index contributed by atoms with van der Waals surface area (Å²) in [7, 11) is 0. The Morgan fingerprint density at radius 2 is 1.45 bits per heavy atom. The predicted molar refractivity (Wildman–Crippen MR) is 82.0 cm³/mol. The second-order valence-electron chi connectivity index (χ2n) is 6.54. The largest absolute Gasteiger partial charge is 0.280 e. The molecule has 0 spiro atoms. The Kier molecular flexibility index (Phi) is 6.11. The molecule has 1 aliphatic heterocycles. The van der Waals surface area contributed by atoms with E-state index in [-0.39, 0.29) is 12.5 Å². The molecule has 0 aromatic carbocycles. The molecule has 0 bridgehead atoms. The molecular formula is C17H25N3O2. The summed E-state index contributed by atoms with van der Waals surface area (Å²) in [6, 6.07) is 4.22. The zero-order valence-electron chi connectivity index (χ0n) is 13.9. The molecule has 1 aliphatic rings. The van der Waals surface area contributed by atoms with Crippen LogP contribution in [0.4, 0.5) is 0 Å². The van der Waals surface area contributed by atoms with Crippen LogP contribution in [0, 0.1) is 45.8 Å². The maximum absolute atomic E-state index is 12.7. The number of nitriles is 2. The minimum Gasteiger partial charge on any atom is -0.280 e. The molecule has 2 unspecified atom stereocenters. The van der Waals surface area contributed by atoms with Crippen LogP contribution in [-0.2, 0) is 9.59 Å². The van der Waals surface area contributed by atoms with Gasteiger partial charge in [-0.1, -0.05) is 40.5 Å². The van der Waals surface area contributed by atoms with Crippen molar-refractivity contribution in [3.05, 3.63) is 0 Å². The van der Waals surface area contributed by atoms with Crippen molar-refractivity contribution < 1.29 is 9.59 Å². The summed E-state index contributed by atoms with van der Waals surface area (Å²) in [5, 5.41) is 19.2. The van der Waals surface area contributed by atoms with Gasteiger partial charge in [-0.05, 0) is 18.8 Å². The second-order valence-corrected chi connectivity index (χ2v) is 6.54. The first kappa shape index (κ1) is 18.2. The Morgan fingerprint density at radius 1 is 1.05 bits per heavy atom. The Bertz CT molecular complexity index is 471. The molecule has 0 aromatic heterocycles. The third-order valence-corrected chi connectivity index (χ3v) is 4.41. The van der Waals surface area contributed by atoms with Crippen molar-refractivity contribution in [2.24, 2.45) is 23.2 Å². The molecule has 1 rings (SSSR count). The minimum atomic E-state index is -0.909. The summed E-state index contributed by atoms with van der Waals surface area (Å²) in [5.41, 5.74) is -0.839. The fourth-order valence-corrected chi connectivity index (χ4v) is 3.62. The lowest BCUT2D eigenvalue weighted by Gasteiger charge is -2.46. The molecule has 1 fully saturated rings. The van der Waals surface area contributed by atoms with E-state index >= 15 is 0 Å². The lowest BCUT2D eigenvalue weighted by Crippen LogP contribution is -2.59. The molecule has 0 radical (unpaired) electrons. The van der Waals surface area contributed by atoms with Gasteiger partial charge in [0.15, 0.2) is 0 Å². The zero-order valence-corrected chi connectivity index (χ0v) is 13.9. The first-order valence-electron chi connectivity index (χ1n) is 8.04. The number of imide groups is 1. The Balaban J connectivity index is 3.39. The summed E-state index contributed by atoms with van der Waals surface area (Å²) < 4.78 is 0. The summed E-state index contributed by atoms with van der Waals surface area (Å²) in [6.45, 7) is 7.99. The van der Waals surface area contributed by atoms with Gasteiger partial charge in [0.05, 0.1) is 12.1 Å². The topological polar surface area (TPSA) is 85.0 Å². The van der Waals surface area contributed by atoms with Gasteiger partial charge in [0.2, 0.25) is 11.8 Å². The molecule has 5 heteroatoms. The summed E-state index contributed by atoms with van der Waals surface area (Å²) in [5.74, 6) is -2.55. The van der Waals surface area contributed by atoms with Crippen LogP contribution >= 0.6 is 0 Å². The smallest absolute Gasteiger partial charge is 0.247 e. The molecule has 5 nitrogen and oxygen atoms in total. The van der Waals surface area contributed by atoms with Crippen molar-refractivity contribution in [2.75, 3.05) is 6.54 Å². The number of likely N-dealkylation sites (tertiary alicyclic amines) is 1. The highest BCUT2D eigenvalue weighted by atomic mass is 16.2. The van der Waals surface area contributed by atoms with Crippen LogP contribution in [0.5, 0.6) is 0 Å². The second kappa shape index (κ2) is 7.40. The van der Waals surface area contributed by atoms with Crippen molar-refractivity contribution in [2.45, 2.75) is 53.4 Å². The molecule has 2 amide bonds. The van der Waals surface area contributed by atoms with Crippen molar-refractivity contribution in [1.82, 2.24) is 4.90 Å². The van der Waals surface area contributed by atoms with Gasteiger partial charge in [0.25, 0.3) is 0 Å². The van der Waals surface area contributed by atoms with Crippen LogP contribution in [0.15, 0.2) is 0 Å². The third-order valence-electron chi connectivity index (χ3n) is 4.41. The van der Waals surface area contributed by atoms with Gasteiger partial charge < -0.3 is 0 Å². The maximum Gasteiger partial charge on any atom is 0.247 e. The highest BCUT2D eigenvalue weighted by Gasteiger charge is 2.58. The number of carbonyl (C=O) groups is 2. The van der Waals surface area contributed by atoms with Gasteiger partial charge in [0.1, 0.15) is 11.8 Å². The number of hydrogen-bond acceptors (Lipinski definition) is 4. The van der Waals surface area contributed by atoms with E-state index < -0.39 is 29.1 Å². The van der Waals surface area contributed by atoms with Gasteiger partial charge in [-0.2, -0.15) is 10.5 Å². The number of nitrogens with zero attached hydrogens (tertiary/aromatic N) is 3. The highest BCUT2D eigenvalue weighted by Crippen LogP contribution is 2.49. The number of rotatable bonds is 6. The normalized spacial score (nSPS) is 24.2. The van der Waals surface area contributed by atoms with E-state index in [9.17, 15) is 20.1 Å². The zero-order chi connectivity index (χ0) is 16.9. The molecule has 1 heterocycles. The molecule has 22 heavy (non-hydrogen) atoms. The number of carbonyl (C=O) groups excluding carboxylic acids is 2. The van der Waals surface area contributed by atoms with Crippen molar-refractivity contribution in [3.8, 4) is 12.1 Å². The van der Waals surface area contributed by atoms with E-state index in [1.807, 2.05) is 27.7 Å². The number of hydrogen-bond donors (Lipinski definition) is 0. The quantitative estimate of drug-likeness (QED) is 0.706. The SMILES string of the molecule is CCCC1(CCC)C(C#N)C(=O)N(CC(C)C)C(=O)C1C#N. The lowest BCUT2D eigenvalue weighted by molar-refractivity contribution is -0.163. The van der Waals surface area contributed by atoms with E-state index in [4.69, 9.17) is 0 Å². The Hall–Kier alpha value is -1.88. The molecule has 0 aliphatic carbocycles. The monoisotopic (exact) mass is 303 g/mol. The van der Waals surface area contributed by atoms with Crippen LogP contribution in [-0.4, -0.2) is 23.3 Å². The standard InChI is InChI=1S/C17H25N3O2/c1-5-7-17(8-6-2)13(9-18)15(21)20(11-12(3)4)16(22)14(17)10-19/h12-14H,5-8,11H2,1-4H3. The van der Waals surface area contributed by atoms with E-state index in [0.29, 0.717) is 12.8 Å². The van der Waals surface area contributed by atoms with Crippen LogP contribution in [0.3, 0.4) is 0 Å². The predicted octanol–water partition coefficient (Wildman–Crippen LogP) is 2.88. The summed E-state index contributed by atoms with van der Waals surface area (Å²) >= 11 is 0. The average Bonchev–Trinajstić information content (AvgIpc) is 2.45. The average molecular weight is 303 g/mol. The Labute approximate surface area is 132 Å². The molecule has 0 N–H and O–H groups in total. The van der Waals surface area contributed by atoms with E-state index in [1.54, 1.807) is 0 Å². The molecule has 1 saturated heterocycles. The molecule has 120 valence electrons. The van der Waals surface area contributed by atoms with Gasteiger partial charge in [-0.25, -0.2) is 0 Å². The van der Waals surface area contributed by atoms with Gasteiger partial charge in [-0.15, -0.1) is 0 Å². The summed E-state index contributed by atoms with van der Waals surface area (Å²) in [6.07, 6.45) is 2.57. The van der Waals surface area contributed by atoms with Crippen LogP contribution in [0.25, 0.3) is 0 Å². The van der Waals surface area contributed by atoms with Crippen LogP contribution < -0.4 is 0 Å². The minimum absolute atomic E-state index is 0.108. The highest BCUT2D eigenvalue weighted by molar-refractivity contribution is 6.03. The van der Waals surface area contributed by atoms with Gasteiger partial charge >= 0.3 is 0 Å². The molecule has 0 saturated carbocycles. The number of amides is 2. The fraction of sp³-hybridized carbons (Fsp3) is 0.765. The van der Waals surface area contributed by atoms with Gasteiger partial charge in [-0.3, -0.25) is 14.5 Å². The van der Waals surface area contributed by atoms with E-state index in [2.05, 4.69) is 12.1 Å². The lowest BCUT2D eigenvalue weighted by atomic mass is 9.59. The van der Waals surface area contributed by atoms with Crippen molar-refractivity contribution in [3.63, 3.8) is 0 Å². The summed E-state index contributed by atoms with van der Waals surface area (Å²) in [4.78, 5) is 26.5. The molecular weight excluding hydrogens is 278 g/mol. The Morgan fingerprint density at radius 3 is 1.73 bits per heavy atom. The molecule has 2 atom stereocenters. The maximum atomic E-state index is 12.7. The fourth-order valence-electron chi connectivity index (χ4n) is 3.62. The van der Waals surface area contributed by atoms with Crippen LogP contribution in [0.2, 0.25) is 0 Å². The van der Waals surface area contributed by atoms with Gasteiger partial charge in [0, 0.05) is 12.0 Å². The first-order chi connectivity index (χ1) is 10.4.